The number of hydrogen-bond acceptors (Lipinski definition) is 3. The van der Waals surface area contributed by atoms with Crippen molar-refractivity contribution in [2.24, 2.45) is 5.73 Å². The molecule has 0 aliphatic rings. The summed E-state index contributed by atoms with van der Waals surface area (Å²) in [5.74, 6) is -0.179. The molecule has 84 valence electrons. The molecule has 1 aromatic carbocycles. The normalized spacial score (nSPS) is 12.6. The van der Waals surface area contributed by atoms with E-state index in [4.69, 9.17) is 5.73 Å². The van der Waals surface area contributed by atoms with E-state index in [1.165, 1.54) is 6.07 Å². The Balaban J connectivity index is 2.20. The minimum atomic E-state index is -0.186. The first-order valence-corrected chi connectivity index (χ1v) is 6.02. The van der Waals surface area contributed by atoms with E-state index in [2.05, 4.69) is 4.98 Å². The average molecular weight is 236 g/mol. The lowest BCUT2D eigenvalue weighted by Gasteiger charge is -2.14. The summed E-state index contributed by atoms with van der Waals surface area (Å²) in [4.78, 5) is 4.20. The van der Waals surface area contributed by atoms with Crippen molar-refractivity contribution in [3.63, 3.8) is 0 Å². The molecular formula is C12H13FN2S. The smallest absolute Gasteiger partial charge is 0.126 e. The molecule has 0 saturated carbocycles. The monoisotopic (exact) mass is 236 g/mol. The largest absolute Gasteiger partial charge is 0.330 e. The highest BCUT2D eigenvalue weighted by atomic mass is 32.1. The predicted molar refractivity (Wildman–Crippen MR) is 64.0 cm³/mol. The highest BCUT2D eigenvalue weighted by molar-refractivity contribution is 7.09. The number of thiazole rings is 1. The molecule has 2 rings (SSSR count). The topological polar surface area (TPSA) is 38.9 Å². The van der Waals surface area contributed by atoms with Crippen LogP contribution in [0.4, 0.5) is 4.39 Å². The molecule has 0 amide bonds. The number of benzene rings is 1. The first kappa shape index (κ1) is 11.2. The third-order valence-corrected chi connectivity index (χ3v) is 3.34. The molecular weight excluding hydrogens is 223 g/mol. The molecule has 0 spiro atoms. The molecule has 0 aliphatic heterocycles. The summed E-state index contributed by atoms with van der Waals surface area (Å²) in [6, 6.07) is 6.79. The lowest BCUT2D eigenvalue weighted by molar-refractivity contribution is 0.575. The molecule has 0 bridgehead atoms. The molecule has 4 heteroatoms. The van der Waals surface area contributed by atoms with Crippen LogP contribution < -0.4 is 5.73 Å². The molecule has 0 fully saturated rings. The Morgan fingerprint density at radius 3 is 2.81 bits per heavy atom. The van der Waals surface area contributed by atoms with E-state index >= 15 is 0 Å². The van der Waals surface area contributed by atoms with Crippen molar-refractivity contribution in [3.05, 3.63) is 52.2 Å². The first-order chi connectivity index (χ1) is 7.81. The molecule has 1 unspecified atom stereocenters. The number of halogens is 1. The van der Waals surface area contributed by atoms with Gasteiger partial charge in [0.25, 0.3) is 0 Å². The minimum Gasteiger partial charge on any atom is -0.330 e. The molecule has 1 heterocycles. The van der Waals surface area contributed by atoms with E-state index in [0.717, 1.165) is 5.01 Å². The van der Waals surface area contributed by atoms with Crippen molar-refractivity contribution in [2.75, 3.05) is 6.54 Å². The van der Waals surface area contributed by atoms with Gasteiger partial charge < -0.3 is 5.73 Å². The van der Waals surface area contributed by atoms with E-state index in [0.29, 0.717) is 18.5 Å². The number of rotatable bonds is 4. The first-order valence-electron chi connectivity index (χ1n) is 5.14. The van der Waals surface area contributed by atoms with E-state index in [1.54, 1.807) is 29.7 Å². The van der Waals surface area contributed by atoms with E-state index in [-0.39, 0.29) is 11.7 Å². The van der Waals surface area contributed by atoms with E-state index < -0.39 is 0 Å². The molecule has 2 nitrogen and oxygen atoms in total. The third-order valence-electron chi connectivity index (χ3n) is 2.53. The fourth-order valence-electron chi connectivity index (χ4n) is 1.69. The van der Waals surface area contributed by atoms with Crippen molar-refractivity contribution in [3.8, 4) is 0 Å². The van der Waals surface area contributed by atoms with Gasteiger partial charge in [-0.05, 0) is 18.2 Å². The Kier molecular flexibility index (Phi) is 3.64. The fourth-order valence-corrected chi connectivity index (χ4v) is 2.39. The molecule has 2 N–H and O–H groups in total. The highest BCUT2D eigenvalue weighted by Gasteiger charge is 2.15. The van der Waals surface area contributed by atoms with Gasteiger partial charge in [-0.15, -0.1) is 11.3 Å². The van der Waals surface area contributed by atoms with Crippen LogP contribution in [0.15, 0.2) is 35.8 Å². The summed E-state index contributed by atoms with van der Waals surface area (Å²) >= 11 is 1.58. The zero-order valence-corrected chi connectivity index (χ0v) is 9.58. The van der Waals surface area contributed by atoms with Gasteiger partial charge in [0.05, 0.1) is 5.01 Å². The molecule has 1 atom stereocenters. The van der Waals surface area contributed by atoms with E-state index in [9.17, 15) is 4.39 Å². The van der Waals surface area contributed by atoms with Gasteiger partial charge in [0, 0.05) is 23.9 Å². The standard InChI is InChI=1S/C12H13FN2S/c13-11-4-2-1-3-10(11)9(8-14)7-12-15-5-6-16-12/h1-6,9H,7-8,14H2. The van der Waals surface area contributed by atoms with Crippen molar-refractivity contribution < 1.29 is 4.39 Å². The van der Waals surface area contributed by atoms with Crippen LogP contribution in [0.2, 0.25) is 0 Å². The second kappa shape index (κ2) is 5.18. The Bertz CT molecular complexity index is 442. The number of aromatic nitrogens is 1. The van der Waals surface area contributed by atoms with Gasteiger partial charge in [0.15, 0.2) is 0 Å². The van der Waals surface area contributed by atoms with Crippen molar-refractivity contribution >= 4 is 11.3 Å². The van der Waals surface area contributed by atoms with Crippen LogP contribution in [-0.4, -0.2) is 11.5 Å². The second-order valence-electron chi connectivity index (χ2n) is 3.58. The Morgan fingerprint density at radius 1 is 1.38 bits per heavy atom. The van der Waals surface area contributed by atoms with Crippen molar-refractivity contribution in [1.29, 1.82) is 0 Å². The van der Waals surface area contributed by atoms with Crippen LogP contribution in [-0.2, 0) is 6.42 Å². The summed E-state index contributed by atoms with van der Waals surface area (Å²) in [5, 5.41) is 2.92. The zero-order chi connectivity index (χ0) is 11.4. The van der Waals surface area contributed by atoms with Gasteiger partial charge in [-0.25, -0.2) is 9.37 Å². The summed E-state index contributed by atoms with van der Waals surface area (Å²) in [5.41, 5.74) is 6.38. The van der Waals surface area contributed by atoms with E-state index in [1.807, 2.05) is 11.4 Å². The maximum Gasteiger partial charge on any atom is 0.126 e. The molecule has 0 aliphatic carbocycles. The molecule has 16 heavy (non-hydrogen) atoms. The van der Waals surface area contributed by atoms with Crippen LogP contribution in [0.5, 0.6) is 0 Å². The molecule has 0 saturated heterocycles. The van der Waals surface area contributed by atoms with Crippen LogP contribution in [0, 0.1) is 5.82 Å². The second-order valence-corrected chi connectivity index (χ2v) is 4.56. The van der Waals surface area contributed by atoms with Crippen LogP contribution >= 0.6 is 11.3 Å². The average Bonchev–Trinajstić information content (AvgIpc) is 2.80. The van der Waals surface area contributed by atoms with Gasteiger partial charge in [-0.2, -0.15) is 0 Å². The summed E-state index contributed by atoms with van der Waals surface area (Å²) in [7, 11) is 0. The van der Waals surface area contributed by atoms with Crippen LogP contribution in [0.25, 0.3) is 0 Å². The lowest BCUT2D eigenvalue weighted by atomic mass is 9.96. The molecule has 1 aromatic heterocycles. The Morgan fingerprint density at radius 2 is 2.19 bits per heavy atom. The Hall–Kier alpha value is -1.26. The minimum absolute atomic E-state index is 0.00681. The number of hydrogen-bond donors (Lipinski definition) is 1. The summed E-state index contributed by atoms with van der Waals surface area (Å²) < 4.78 is 13.6. The number of nitrogens with zero attached hydrogens (tertiary/aromatic N) is 1. The molecule has 2 aromatic rings. The zero-order valence-electron chi connectivity index (χ0n) is 8.77. The summed E-state index contributed by atoms with van der Waals surface area (Å²) in [6.45, 7) is 0.431. The fraction of sp³-hybridized carbons (Fsp3) is 0.250. The van der Waals surface area contributed by atoms with Crippen molar-refractivity contribution in [1.82, 2.24) is 4.98 Å². The van der Waals surface area contributed by atoms with Gasteiger partial charge in [0.2, 0.25) is 0 Å². The predicted octanol–water partition coefficient (Wildman–Crippen LogP) is 2.57. The van der Waals surface area contributed by atoms with Crippen molar-refractivity contribution in [2.45, 2.75) is 12.3 Å². The molecule has 0 radical (unpaired) electrons. The van der Waals surface area contributed by atoms with Gasteiger partial charge in [-0.3, -0.25) is 0 Å². The Labute approximate surface area is 97.9 Å². The van der Waals surface area contributed by atoms with Crippen LogP contribution in [0.3, 0.4) is 0 Å². The highest BCUT2D eigenvalue weighted by Crippen LogP contribution is 2.23. The quantitative estimate of drug-likeness (QED) is 0.886. The third kappa shape index (κ3) is 2.46. The van der Waals surface area contributed by atoms with Gasteiger partial charge in [0.1, 0.15) is 5.82 Å². The maximum absolute atomic E-state index is 13.6. The number of nitrogens with two attached hydrogens (primary N) is 1. The van der Waals surface area contributed by atoms with Gasteiger partial charge >= 0.3 is 0 Å². The van der Waals surface area contributed by atoms with Crippen LogP contribution in [0.1, 0.15) is 16.5 Å². The SMILES string of the molecule is NCC(Cc1nccs1)c1ccccc1F. The summed E-state index contributed by atoms with van der Waals surface area (Å²) in [6.07, 6.45) is 2.46. The van der Waals surface area contributed by atoms with Gasteiger partial charge in [-0.1, -0.05) is 18.2 Å². The maximum atomic E-state index is 13.6. The lowest BCUT2D eigenvalue weighted by Crippen LogP contribution is -2.16.